The minimum Gasteiger partial charge on any atom is -0.472 e. The first kappa shape index (κ1) is 17.8. The summed E-state index contributed by atoms with van der Waals surface area (Å²) in [6, 6.07) is 6.74. The van der Waals surface area contributed by atoms with Gasteiger partial charge in [-0.25, -0.2) is 9.18 Å². The number of hydrogen-bond acceptors (Lipinski definition) is 8. The molecule has 2 aromatic heterocycles. The molecule has 0 bridgehead atoms. The molecule has 1 saturated heterocycles. The lowest BCUT2D eigenvalue weighted by Gasteiger charge is -2.20. The first-order valence-corrected chi connectivity index (χ1v) is 9.75. The molecule has 4 heterocycles. The predicted molar refractivity (Wildman–Crippen MR) is 104 cm³/mol. The summed E-state index contributed by atoms with van der Waals surface area (Å²) >= 11 is 1.04. The van der Waals surface area contributed by atoms with Gasteiger partial charge in [0.05, 0.1) is 29.6 Å². The lowest BCUT2D eigenvalue weighted by molar-refractivity contribution is 0.103. The summed E-state index contributed by atoms with van der Waals surface area (Å²) in [5.74, 6) is 0.00557. The molecule has 0 aliphatic carbocycles. The Kier molecular flexibility index (Phi) is 4.47. The number of aromatic nitrogens is 3. The van der Waals surface area contributed by atoms with Crippen LogP contribution in [0, 0.1) is 5.82 Å². The number of nitrogens with zero attached hydrogens (tertiary/aromatic N) is 5. The predicted octanol–water partition coefficient (Wildman–Crippen LogP) is 3.00. The normalized spacial score (nSPS) is 18.1. The average Bonchev–Trinajstić information content (AvgIpc) is 3.45. The minimum atomic E-state index is -0.526. The number of pyridine rings is 1. The summed E-state index contributed by atoms with van der Waals surface area (Å²) < 4.78 is 33.4. The molecular formula is C19H16FN5O3S. The second-order valence-electron chi connectivity index (χ2n) is 6.81. The summed E-state index contributed by atoms with van der Waals surface area (Å²) in [5.41, 5.74) is 3.18. The van der Waals surface area contributed by atoms with E-state index in [-0.39, 0.29) is 19.0 Å². The highest BCUT2D eigenvalue weighted by Gasteiger charge is 2.33. The number of ether oxygens (including phenoxy) is 2. The number of hydrogen-bond donors (Lipinski definition) is 0. The van der Waals surface area contributed by atoms with Crippen LogP contribution >= 0.6 is 11.7 Å². The third-order valence-corrected chi connectivity index (χ3v) is 5.40. The number of fused-ring (bicyclic) bond motifs is 1. The van der Waals surface area contributed by atoms with Crippen molar-refractivity contribution >= 4 is 29.2 Å². The number of cyclic esters (lactones) is 1. The summed E-state index contributed by atoms with van der Waals surface area (Å²) in [4.78, 5) is 19.7. The largest absolute Gasteiger partial charge is 0.472 e. The van der Waals surface area contributed by atoms with Gasteiger partial charge >= 0.3 is 6.09 Å². The molecule has 3 aromatic rings. The van der Waals surface area contributed by atoms with Gasteiger partial charge in [0.2, 0.25) is 5.88 Å². The molecule has 5 rings (SSSR count). The summed E-state index contributed by atoms with van der Waals surface area (Å²) in [6.07, 6.45) is 4.06. The lowest BCUT2D eigenvalue weighted by Crippen LogP contribution is -2.27. The molecule has 1 aromatic carbocycles. The third-order valence-electron chi connectivity index (χ3n) is 4.94. The molecule has 0 radical (unpaired) electrons. The fourth-order valence-electron chi connectivity index (χ4n) is 3.53. The monoisotopic (exact) mass is 413 g/mol. The van der Waals surface area contributed by atoms with Crippen LogP contribution in [0.15, 0.2) is 42.9 Å². The van der Waals surface area contributed by atoms with Crippen LogP contribution in [-0.4, -0.2) is 39.1 Å². The van der Waals surface area contributed by atoms with Gasteiger partial charge in [-0.3, -0.25) is 9.88 Å². The molecule has 10 heteroatoms. The van der Waals surface area contributed by atoms with Crippen LogP contribution in [0.2, 0.25) is 0 Å². The van der Waals surface area contributed by atoms with Gasteiger partial charge in [0.1, 0.15) is 18.6 Å². The molecule has 148 valence electrons. The molecule has 1 amide bonds. The molecule has 1 atom stereocenters. The first-order chi connectivity index (χ1) is 14.2. The van der Waals surface area contributed by atoms with E-state index < -0.39 is 12.2 Å². The molecule has 2 aliphatic rings. The Labute approximate surface area is 169 Å². The van der Waals surface area contributed by atoms with Crippen molar-refractivity contribution in [3.05, 3.63) is 59.8 Å². The molecule has 1 fully saturated rings. The van der Waals surface area contributed by atoms with Gasteiger partial charge in [0.15, 0.2) is 6.10 Å². The van der Waals surface area contributed by atoms with E-state index in [0.29, 0.717) is 30.3 Å². The molecule has 0 saturated carbocycles. The standard InChI is InChI=1S/C19H16FN5O3S/c20-16-5-14(1-2-17(16)24-8-12-3-4-21-6-13(12)9-24)25-10-15(28-19(25)26)11-27-18-7-22-29-23-18/h1-7,15H,8-11H2/t15-/m1/s1. The average molecular weight is 413 g/mol. The zero-order valence-electron chi connectivity index (χ0n) is 15.2. The Bertz CT molecular complexity index is 1020. The Morgan fingerprint density at radius 1 is 1.24 bits per heavy atom. The van der Waals surface area contributed by atoms with Crippen molar-refractivity contribution in [3.8, 4) is 5.88 Å². The van der Waals surface area contributed by atoms with Crippen LogP contribution < -0.4 is 14.5 Å². The van der Waals surface area contributed by atoms with Crippen molar-refractivity contribution in [3.63, 3.8) is 0 Å². The Hall–Kier alpha value is -3.27. The maximum Gasteiger partial charge on any atom is 0.414 e. The van der Waals surface area contributed by atoms with E-state index >= 15 is 0 Å². The van der Waals surface area contributed by atoms with Gasteiger partial charge in [0.25, 0.3) is 0 Å². The number of halogens is 1. The SMILES string of the molecule is O=C1O[C@@H](COc2cnsn2)CN1c1ccc(N2Cc3ccncc3C2)c(F)c1. The minimum absolute atomic E-state index is 0.161. The molecule has 0 unspecified atom stereocenters. The van der Waals surface area contributed by atoms with Gasteiger partial charge in [-0.1, -0.05) is 0 Å². The summed E-state index contributed by atoms with van der Waals surface area (Å²) in [6.45, 7) is 1.67. The summed E-state index contributed by atoms with van der Waals surface area (Å²) in [5, 5.41) is 0. The number of benzene rings is 1. The van der Waals surface area contributed by atoms with Crippen molar-refractivity contribution in [2.75, 3.05) is 23.0 Å². The van der Waals surface area contributed by atoms with Crippen LogP contribution in [0.5, 0.6) is 5.88 Å². The molecule has 8 nitrogen and oxygen atoms in total. The fraction of sp³-hybridized carbons (Fsp3) is 0.263. The van der Waals surface area contributed by atoms with Gasteiger partial charge in [0, 0.05) is 25.5 Å². The first-order valence-electron chi connectivity index (χ1n) is 9.02. The third kappa shape index (κ3) is 3.46. The van der Waals surface area contributed by atoms with Crippen LogP contribution in [0.3, 0.4) is 0 Å². The maximum absolute atomic E-state index is 14.9. The van der Waals surface area contributed by atoms with E-state index in [1.807, 2.05) is 17.2 Å². The van der Waals surface area contributed by atoms with E-state index in [9.17, 15) is 9.18 Å². The van der Waals surface area contributed by atoms with Crippen LogP contribution in [0.1, 0.15) is 11.1 Å². The van der Waals surface area contributed by atoms with Gasteiger partial charge in [-0.15, -0.1) is 4.37 Å². The van der Waals surface area contributed by atoms with E-state index in [1.54, 1.807) is 18.3 Å². The van der Waals surface area contributed by atoms with Gasteiger partial charge in [-0.2, -0.15) is 4.37 Å². The molecule has 2 aliphatic heterocycles. The van der Waals surface area contributed by atoms with Crippen molar-refractivity contribution in [1.29, 1.82) is 0 Å². The zero-order valence-corrected chi connectivity index (χ0v) is 16.0. The highest BCUT2D eigenvalue weighted by Crippen LogP contribution is 2.32. The van der Waals surface area contributed by atoms with Crippen molar-refractivity contribution < 1.29 is 18.7 Å². The van der Waals surface area contributed by atoms with Crippen LogP contribution in [-0.2, 0) is 17.8 Å². The van der Waals surface area contributed by atoms with Crippen molar-refractivity contribution in [2.45, 2.75) is 19.2 Å². The topological polar surface area (TPSA) is 80.7 Å². The lowest BCUT2D eigenvalue weighted by atomic mass is 10.2. The van der Waals surface area contributed by atoms with E-state index in [1.165, 1.54) is 17.2 Å². The fourth-order valence-corrected chi connectivity index (χ4v) is 3.89. The zero-order chi connectivity index (χ0) is 19.8. The second kappa shape index (κ2) is 7.28. The van der Waals surface area contributed by atoms with Crippen LogP contribution in [0.25, 0.3) is 0 Å². The van der Waals surface area contributed by atoms with Gasteiger partial charge in [-0.05, 0) is 35.4 Å². The van der Waals surface area contributed by atoms with Crippen molar-refractivity contribution in [2.24, 2.45) is 0 Å². The Balaban J connectivity index is 1.27. The number of anilines is 2. The maximum atomic E-state index is 14.9. The summed E-state index contributed by atoms with van der Waals surface area (Å²) in [7, 11) is 0. The van der Waals surface area contributed by atoms with Crippen molar-refractivity contribution in [1.82, 2.24) is 13.7 Å². The van der Waals surface area contributed by atoms with E-state index in [0.717, 1.165) is 22.9 Å². The quantitative estimate of drug-likeness (QED) is 0.636. The van der Waals surface area contributed by atoms with E-state index in [4.69, 9.17) is 9.47 Å². The highest BCUT2D eigenvalue weighted by molar-refractivity contribution is 6.99. The van der Waals surface area contributed by atoms with E-state index in [2.05, 4.69) is 13.7 Å². The number of rotatable bonds is 5. The number of amides is 1. The highest BCUT2D eigenvalue weighted by atomic mass is 32.1. The Morgan fingerprint density at radius 2 is 2.14 bits per heavy atom. The molecule has 0 spiro atoms. The molecular weight excluding hydrogens is 397 g/mol. The smallest absolute Gasteiger partial charge is 0.414 e. The number of carbonyl (C=O) groups is 1. The molecule has 29 heavy (non-hydrogen) atoms. The second-order valence-corrected chi connectivity index (χ2v) is 7.37. The Morgan fingerprint density at radius 3 is 2.93 bits per heavy atom. The number of carbonyl (C=O) groups excluding carboxylic acids is 1. The molecule has 0 N–H and O–H groups in total. The van der Waals surface area contributed by atoms with Crippen LogP contribution in [0.4, 0.5) is 20.6 Å². The van der Waals surface area contributed by atoms with Gasteiger partial charge < -0.3 is 14.4 Å².